The van der Waals surface area contributed by atoms with Crippen LogP contribution in [0.5, 0.6) is 5.75 Å². The summed E-state index contributed by atoms with van der Waals surface area (Å²) in [5, 5.41) is 4.11. The van der Waals surface area contributed by atoms with Crippen molar-refractivity contribution in [2.45, 2.75) is 52.2 Å². The average molecular weight is 359 g/mol. The minimum absolute atomic E-state index is 0.228. The summed E-state index contributed by atoms with van der Waals surface area (Å²) in [5.41, 5.74) is 1.29. The van der Waals surface area contributed by atoms with Gasteiger partial charge in [0.25, 0.3) is 5.89 Å². The number of ether oxygens (including phenoxy) is 2. The van der Waals surface area contributed by atoms with Crippen LogP contribution in [0.4, 0.5) is 4.79 Å². The van der Waals surface area contributed by atoms with Crippen molar-refractivity contribution in [1.29, 1.82) is 0 Å². The second-order valence-corrected chi connectivity index (χ2v) is 7.53. The lowest BCUT2D eigenvalue weighted by Gasteiger charge is -2.27. The molecule has 0 saturated carbocycles. The highest BCUT2D eigenvalue weighted by Crippen LogP contribution is 2.33. The highest BCUT2D eigenvalue weighted by molar-refractivity contribution is 5.69. The number of benzene rings is 1. The number of hydrogen-bond donors (Lipinski definition) is 0. The Kier molecular flexibility index (Phi) is 4.89. The maximum Gasteiger partial charge on any atom is 0.410 e. The summed E-state index contributed by atoms with van der Waals surface area (Å²) in [5.74, 6) is 1.65. The van der Waals surface area contributed by atoms with Crippen LogP contribution in [0.15, 0.2) is 22.7 Å². The van der Waals surface area contributed by atoms with E-state index in [1.165, 1.54) is 0 Å². The first-order chi connectivity index (χ1) is 12.3. The van der Waals surface area contributed by atoms with Crippen LogP contribution in [0.25, 0.3) is 11.5 Å². The van der Waals surface area contributed by atoms with E-state index in [9.17, 15) is 4.79 Å². The molecular weight excluding hydrogens is 334 g/mol. The van der Waals surface area contributed by atoms with Crippen molar-refractivity contribution in [3.8, 4) is 17.2 Å². The second kappa shape index (κ2) is 6.97. The van der Waals surface area contributed by atoms with Crippen LogP contribution < -0.4 is 4.74 Å². The summed E-state index contributed by atoms with van der Waals surface area (Å²) < 4.78 is 16.2. The predicted octanol–water partition coefficient (Wildman–Crippen LogP) is 4.13. The van der Waals surface area contributed by atoms with Crippen LogP contribution in [0.2, 0.25) is 0 Å². The smallest absolute Gasteiger partial charge is 0.410 e. The maximum atomic E-state index is 12.5. The molecule has 2 aromatic rings. The van der Waals surface area contributed by atoms with Gasteiger partial charge in [-0.05, 0) is 64.3 Å². The Hall–Kier alpha value is -2.57. The maximum absolute atomic E-state index is 12.5. The lowest BCUT2D eigenvalue weighted by Crippen LogP contribution is -2.36. The molecule has 1 aliphatic heterocycles. The van der Waals surface area contributed by atoms with E-state index in [4.69, 9.17) is 14.0 Å². The number of hydrogen-bond acceptors (Lipinski definition) is 6. The zero-order valence-electron chi connectivity index (χ0n) is 15.9. The van der Waals surface area contributed by atoms with Crippen molar-refractivity contribution in [3.05, 3.63) is 29.6 Å². The quantitative estimate of drug-likeness (QED) is 0.820. The van der Waals surface area contributed by atoms with Gasteiger partial charge in [-0.15, -0.1) is 0 Å². The molecule has 140 valence electrons. The zero-order chi connectivity index (χ0) is 18.9. The minimum atomic E-state index is -0.537. The molecule has 0 spiro atoms. The van der Waals surface area contributed by atoms with Gasteiger partial charge in [0.2, 0.25) is 0 Å². The van der Waals surface area contributed by atoms with E-state index < -0.39 is 5.60 Å². The lowest BCUT2D eigenvalue weighted by molar-refractivity contribution is 0.0217. The van der Waals surface area contributed by atoms with E-state index in [2.05, 4.69) is 10.1 Å². The third-order valence-electron chi connectivity index (χ3n) is 4.15. The van der Waals surface area contributed by atoms with Gasteiger partial charge >= 0.3 is 6.09 Å². The Bertz CT molecular complexity index is 794. The predicted molar refractivity (Wildman–Crippen MR) is 95.9 cm³/mol. The molecule has 0 unspecified atom stereocenters. The van der Waals surface area contributed by atoms with Crippen LogP contribution in [0, 0.1) is 6.92 Å². The first kappa shape index (κ1) is 18.2. The molecule has 1 aliphatic rings. The normalized spacial score (nSPS) is 17.4. The van der Waals surface area contributed by atoms with Gasteiger partial charge in [-0.25, -0.2) is 4.79 Å². The molecule has 26 heavy (non-hydrogen) atoms. The zero-order valence-corrected chi connectivity index (χ0v) is 15.9. The van der Waals surface area contributed by atoms with E-state index in [1.54, 1.807) is 12.0 Å². The highest BCUT2D eigenvalue weighted by Gasteiger charge is 2.36. The third-order valence-corrected chi connectivity index (χ3v) is 4.15. The van der Waals surface area contributed by atoms with E-state index in [-0.39, 0.29) is 12.1 Å². The van der Waals surface area contributed by atoms with Gasteiger partial charge in [-0.3, -0.25) is 4.90 Å². The van der Waals surface area contributed by atoms with Crippen molar-refractivity contribution in [2.75, 3.05) is 13.7 Å². The minimum Gasteiger partial charge on any atom is -0.497 e. The van der Waals surface area contributed by atoms with Gasteiger partial charge in [0.05, 0.1) is 13.2 Å². The first-order valence-electron chi connectivity index (χ1n) is 8.76. The molecule has 0 radical (unpaired) electrons. The number of aryl methyl sites for hydroxylation is 1. The highest BCUT2D eigenvalue weighted by atomic mass is 16.6. The third kappa shape index (κ3) is 3.98. The number of aromatic nitrogens is 2. The molecule has 0 bridgehead atoms. The number of carbonyl (C=O) groups is 1. The Balaban J connectivity index is 1.83. The molecule has 1 aromatic heterocycles. The summed E-state index contributed by atoms with van der Waals surface area (Å²) in [6, 6.07) is 5.51. The number of rotatable bonds is 3. The molecule has 1 saturated heterocycles. The first-order valence-corrected chi connectivity index (χ1v) is 8.76. The van der Waals surface area contributed by atoms with Crippen LogP contribution in [-0.4, -0.2) is 40.4 Å². The Morgan fingerprint density at radius 3 is 2.77 bits per heavy atom. The molecule has 1 amide bonds. The van der Waals surface area contributed by atoms with Gasteiger partial charge in [0, 0.05) is 12.1 Å². The largest absolute Gasteiger partial charge is 0.497 e. The van der Waals surface area contributed by atoms with Crippen LogP contribution in [0.1, 0.15) is 51.0 Å². The average Bonchev–Trinajstić information content (AvgIpc) is 3.21. The topological polar surface area (TPSA) is 77.7 Å². The van der Waals surface area contributed by atoms with Crippen molar-refractivity contribution >= 4 is 6.09 Å². The van der Waals surface area contributed by atoms with Gasteiger partial charge in [0.15, 0.2) is 5.82 Å². The fraction of sp³-hybridized carbons (Fsp3) is 0.526. The van der Waals surface area contributed by atoms with Crippen LogP contribution in [0.3, 0.4) is 0 Å². The van der Waals surface area contributed by atoms with Crippen molar-refractivity contribution in [2.24, 2.45) is 0 Å². The van der Waals surface area contributed by atoms with E-state index in [0.717, 1.165) is 29.7 Å². The summed E-state index contributed by atoms with van der Waals surface area (Å²) >= 11 is 0. The van der Waals surface area contributed by atoms with Gasteiger partial charge in [-0.2, -0.15) is 4.98 Å². The molecule has 2 heterocycles. The lowest BCUT2D eigenvalue weighted by atomic mass is 10.1. The van der Waals surface area contributed by atoms with Crippen molar-refractivity contribution < 1.29 is 18.8 Å². The molecule has 1 fully saturated rings. The van der Waals surface area contributed by atoms with Crippen LogP contribution in [-0.2, 0) is 4.74 Å². The van der Waals surface area contributed by atoms with Gasteiger partial charge in [-0.1, -0.05) is 5.16 Å². The van der Waals surface area contributed by atoms with Crippen LogP contribution >= 0.6 is 0 Å². The summed E-state index contributed by atoms with van der Waals surface area (Å²) in [4.78, 5) is 18.7. The van der Waals surface area contributed by atoms with Crippen molar-refractivity contribution in [1.82, 2.24) is 15.0 Å². The SMILES string of the molecule is COc1cc(C)cc(-c2nc([C@@H]3CCCN3C(=O)OC(C)(C)C)no2)c1. The fourth-order valence-electron chi connectivity index (χ4n) is 3.05. The van der Waals surface area contributed by atoms with E-state index >= 15 is 0 Å². The molecule has 0 N–H and O–H groups in total. The number of methoxy groups -OCH3 is 1. The molecule has 3 rings (SSSR count). The molecule has 0 aliphatic carbocycles. The number of likely N-dealkylation sites (tertiary alicyclic amines) is 1. The number of carbonyl (C=O) groups excluding carboxylic acids is 1. The molecule has 1 aromatic carbocycles. The monoisotopic (exact) mass is 359 g/mol. The summed E-state index contributed by atoms with van der Waals surface area (Å²) in [6.07, 6.45) is 1.32. The number of amides is 1. The summed E-state index contributed by atoms with van der Waals surface area (Å²) in [6.45, 7) is 8.17. The number of nitrogens with zero attached hydrogens (tertiary/aromatic N) is 3. The van der Waals surface area contributed by atoms with E-state index in [1.807, 2.05) is 45.9 Å². The van der Waals surface area contributed by atoms with Gasteiger partial charge < -0.3 is 14.0 Å². The molecular formula is C19H25N3O4. The Labute approximate surface area is 153 Å². The summed E-state index contributed by atoms with van der Waals surface area (Å²) in [7, 11) is 1.62. The second-order valence-electron chi connectivity index (χ2n) is 7.53. The molecule has 1 atom stereocenters. The van der Waals surface area contributed by atoms with Crippen molar-refractivity contribution in [3.63, 3.8) is 0 Å². The molecule has 7 nitrogen and oxygen atoms in total. The fourth-order valence-corrected chi connectivity index (χ4v) is 3.05. The van der Waals surface area contributed by atoms with E-state index in [0.29, 0.717) is 18.3 Å². The molecule has 7 heteroatoms. The standard InChI is InChI=1S/C19H25N3O4/c1-12-9-13(11-14(10-12)24-5)17-20-16(21-26-17)15-7-6-8-22(15)18(23)25-19(2,3)4/h9-11,15H,6-8H2,1-5H3/t15-/m0/s1. The Morgan fingerprint density at radius 1 is 1.31 bits per heavy atom. The van der Waals surface area contributed by atoms with Gasteiger partial charge in [0.1, 0.15) is 11.4 Å². The Morgan fingerprint density at radius 2 is 2.08 bits per heavy atom.